The van der Waals surface area contributed by atoms with Gasteiger partial charge in [-0.05, 0) is 19.4 Å². The molecule has 0 aliphatic rings. The molecular weight excluding hydrogens is 192 g/mol. The van der Waals surface area contributed by atoms with E-state index in [2.05, 4.69) is 0 Å². The molecule has 3 heteroatoms. The summed E-state index contributed by atoms with van der Waals surface area (Å²) in [6.07, 6.45) is -0.763. The van der Waals surface area contributed by atoms with Crippen molar-refractivity contribution in [1.29, 1.82) is 0 Å². The van der Waals surface area contributed by atoms with Crippen molar-refractivity contribution in [2.75, 3.05) is 6.61 Å². The summed E-state index contributed by atoms with van der Waals surface area (Å²) in [7, 11) is 0. The molecule has 0 spiro atoms. The summed E-state index contributed by atoms with van der Waals surface area (Å²) in [4.78, 5) is 11.1. The maximum absolute atomic E-state index is 11.1. The zero-order valence-corrected chi connectivity index (χ0v) is 9.06. The number of hydrogen-bond donors (Lipinski definition) is 1. The lowest BCUT2D eigenvalue weighted by Gasteiger charge is -2.10. The molecule has 82 valence electrons. The topological polar surface area (TPSA) is 46.5 Å². The van der Waals surface area contributed by atoms with Gasteiger partial charge in [0, 0.05) is 0 Å². The smallest absolute Gasteiger partial charge is 0.308 e. The first-order valence-corrected chi connectivity index (χ1v) is 5.03. The van der Waals surface area contributed by atoms with Crippen LogP contribution in [0.25, 0.3) is 0 Å². The van der Waals surface area contributed by atoms with E-state index in [4.69, 9.17) is 4.74 Å². The number of rotatable bonds is 4. The van der Waals surface area contributed by atoms with Gasteiger partial charge in [0.25, 0.3) is 0 Å². The second-order valence-electron chi connectivity index (χ2n) is 3.44. The van der Waals surface area contributed by atoms with E-state index in [9.17, 15) is 9.90 Å². The zero-order valence-electron chi connectivity index (χ0n) is 9.06. The predicted molar refractivity (Wildman–Crippen MR) is 57.4 cm³/mol. The van der Waals surface area contributed by atoms with Gasteiger partial charge in [-0.15, -0.1) is 0 Å². The Morgan fingerprint density at radius 2 is 2.00 bits per heavy atom. The van der Waals surface area contributed by atoms with Gasteiger partial charge in [-0.25, -0.2) is 0 Å². The van der Waals surface area contributed by atoms with Crippen molar-refractivity contribution >= 4 is 5.97 Å². The average Bonchev–Trinajstić information content (AvgIpc) is 2.18. The van der Waals surface area contributed by atoms with Gasteiger partial charge in [-0.2, -0.15) is 0 Å². The van der Waals surface area contributed by atoms with E-state index in [0.717, 1.165) is 11.1 Å². The van der Waals surface area contributed by atoms with Gasteiger partial charge in [-0.3, -0.25) is 4.79 Å². The van der Waals surface area contributed by atoms with Gasteiger partial charge in [0.1, 0.15) is 0 Å². The van der Waals surface area contributed by atoms with Crippen LogP contribution in [-0.2, 0) is 9.53 Å². The van der Waals surface area contributed by atoms with Gasteiger partial charge >= 0.3 is 5.97 Å². The highest BCUT2D eigenvalue weighted by molar-refractivity contribution is 5.70. The molecule has 0 unspecified atom stereocenters. The Labute approximate surface area is 89.7 Å². The van der Waals surface area contributed by atoms with Gasteiger partial charge in [0.05, 0.1) is 19.1 Å². The van der Waals surface area contributed by atoms with Crippen LogP contribution >= 0.6 is 0 Å². The molecule has 0 bridgehead atoms. The van der Waals surface area contributed by atoms with Crippen molar-refractivity contribution in [2.24, 2.45) is 0 Å². The molecule has 1 atom stereocenters. The molecule has 0 aliphatic heterocycles. The van der Waals surface area contributed by atoms with Crippen molar-refractivity contribution in [3.63, 3.8) is 0 Å². The molecule has 0 fully saturated rings. The minimum absolute atomic E-state index is 0.0108. The lowest BCUT2D eigenvalue weighted by atomic mass is 10.1. The third-order valence-electron chi connectivity index (χ3n) is 2.13. The summed E-state index contributed by atoms with van der Waals surface area (Å²) in [6, 6.07) is 7.45. The Bertz CT molecular complexity index is 316. The standard InChI is InChI=1S/C12H16O3/c1-3-15-12(14)8-11(13)10-6-4-9(2)5-7-10/h4-7,11,13H,3,8H2,1-2H3/t11-/m1/s1. The van der Waals surface area contributed by atoms with Crippen LogP contribution in [0.3, 0.4) is 0 Å². The maximum atomic E-state index is 11.1. The lowest BCUT2D eigenvalue weighted by Crippen LogP contribution is -2.09. The molecule has 0 radical (unpaired) electrons. The highest BCUT2D eigenvalue weighted by Gasteiger charge is 2.13. The summed E-state index contributed by atoms with van der Waals surface area (Å²) in [6.45, 7) is 4.07. The first-order chi connectivity index (χ1) is 7.13. The van der Waals surface area contributed by atoms with E-state index in [-0.39, 0.29) is 12.4 Å². The van der Waals surface area contributed by atoms with E-state index in [1.807, 2.05) is 31.2 Å². The van der Waals surface area contributed by atoms with Gasteiger partial charge < -0.3 is 9.84 Å². The predicted octanol–water partition coefficient (Wildman–Crippen LogP) is 1.98. The van der Waals surface area contributed by atoms with Crippen molar-refractivity contribution in [2.45, 2.75) is 26.4 Å². The molecule has 0 amide bonds. The van der Waals surface area contributed by atoms with Crippen LogP contribution in [0.2, 0.25) is 0 Å². The van der Waals surface area contributed by atoms with E-state index in [0.29, 0.717) is 6.61 Å². The normalized spacial score (nSPS) is 12.2. The molecule has 1 rings (SSSR count). The minimum atomic E-state index is -0.773. The van der Waals surface area contributed by atoms with Crippen molar-refractivity contribution in [3.05, 3.63) is 35.4 Å². The Morgan fingerprint density at radius 3 is 2.53 bits per heavy atom. The largest absolute Gasteiger partial charge is 0.466 e. The van der Waals surface area contributed by atoms with Crippen LogP contribution in [0.4, 0.5) is 0 Å². The Balaban J connectivity index is 2.57. The van der Waals surface area contributed by atoms with Crippen LogP contribution in [0.15, 0.2) is 24.3 Å². The molecule has 1 aromatic carbocycles. The van der Waals surface area contributed by atoms with Gasteiger partial charge in [-0.1, -0.05) is 29.8 Å². The highest BCUT2D eigenvalue weighted by atomic mass is 16.5. The maximum Gasteiger partial charge on any atom is 0.308 e. The molecule has 0 aliphatic carbocycles. The summed E-state index contributed by atoms with van der Waals surface area (Å²) >= 11 is 0. The number of carbonyl (C=O) groups excluding carboxylic acids is 1. The zero-order chi connectivity index (χ0) is 11.3. The number of ether oxygens (including phenoxy) is 1. The molecule has 0 saturated heterocycles. The molecule has 15 heavy (non-hydrogen) atoms. The third kappa shape index (κ3) is 3.72. The number of hydrogen-bond acceptors (Lipinski definition) is 3. The fourth-order valence-corrected chi connectivity index (χ4v) is 1.28. The molecule has 3 nitrogen and oxygen atoms in total. The van der Waals surface area contributed by atoms with Crippen LogP contribution in [0.1, 0.15) is 30.6 Å². The van der Waals surface area contributed by atoms with Crippen molar-refractivity contribution in [1.82, 2.24) is 0 Å². The van der Waals surface area contributed by atoms with Crippen molar-refractivity contribution in [3.8, 4) is 0 Å². The number of esters is 1. The minimum Gasteiger partial charge on any atom is -0.466 e. The third-order valence-corrected chi connectivity index (χ3v) is 2.13. The van der Waals surface area contributed by atoms with Crippen LogP contribution in [-0.4, -0.2) is 17.7 Å². The van der Waals surface area contributed by atoms with Crippen LogP contribution < -0.4 is 0 Å². The molecule has 1 aromatic rings. The Morgan fingerprint density at radius 1 is 1.40 bits per heavy atom. The van der Waals surface area contributed by atoms with Gasteiger partial charge in [0.2, 0.25) is 0 Å². The second kappa shape index (κ2) is 5.51. The average molecular weight is 208 g/mol. The number of carbonyl (C=O) groups is 1. The van der Waals surface area contributed by atoms with Crippen molar-refractivity contribution < 1.29 is 14.6 Å². The second-order valence-corrected chi connectivity index (χ2v) is 3.44. The summed E-state index contributed by atoms with van der Waals surface area (Å²) in [5.41, 5.74) is 1.87. The summed E-state index contributed by atoms with van der Waals surface area (Å²) in [5, 5.41) is 9.71. The monoisotopic (exact) mass is 208 g/mol. The van der Waals surface area contributed by atoms with Gasteiger partial charge in [0.15, 0.2) is 0 Å². The highest BCUT2D eigenvalue weighted by Crippen LogP contribution is 2.17. The molecular formula is C12H16O3. The SMILES string of the molecule is CCOC(=O)C[C@@H](O)c1ccc(C)cc1. The first kappa shape index (κ1) is 11.7. The van der Waals surface area contributed by atoms with E-state index < -0.39 is 6.10 Å². The van der Waals surface area contributed by atoms with E-state index in [1.165, 1.54) is 0 Å². The summed E-state index contributed by atoms with van der Waals surface area (Å²) in [5.74, 6) is -0.370. The van der Waals surface area contributed by atoms with Crippen LogP contribution in [0.5, 0.6) is 0 Å². The fraction of sp³-hybridized carbons (Fsp3) is 0.417. The molecule has 0 aromatic heterocycles. The number of aliphatic hydroxyl groups is 1. The quantitative estimate of drug-likeness (QED) is 0.769. The lowest BCUT2D eigenvalue weighted by molar-refractivity contribution is -0.145. The molecule has 1 N–H and O–H groups in total. The molecule has 0 saturated carbocycles. The van der Waals surface area contributed by atoms with E-state index >= 15 is 0 Å². The van der Waals surface area contributed by atoms with E-state index in [1.54, 1.807) is 6.92 Å². The fourth-order valence-electron chi connectivity index (χ4n) is 1.28. The number of aliphatic hydroxyl groups excluding tert-OH is 1. The number of aryl methyl sites for hydroxylation is 1. The Hall–Kier alpha value is -1.35. The van der Waals surface area contributed by atoms with Crippen LogP contribution in [0, 0.1) is 6.92 Å². The first-order valence-electron chi connectivity index (χ1n) is 5.03. The Kier molecular flexibility index (Phi) is 4.31. The number of benzene rings is 1. The summed E-state index contributed by atoms with van der Waals surface area (Å²) < 4.78 is 4.76. The molecule has 0 heterocycles.